The molecule has 0 bridgehead atoms. The van der Waals surface area contributed by atoms with Crippen molar-refractivity contribution in [3.63, 3.8) is 0 Å². The summed E-state index contributed by atoms with van der Waals surface area (Å²) in [6.07, 6.45) is 0. The zero-order valence-corrected chi connectivity index (χ0v) is 9.33. The molecule has 0 aromatic carbocycles. The number of hydrogen-bond acceptors (Lipinski definition) is 6. The Morgan fingerprint density at radius 3 is 3.13 bits per heavy atom. The van der Waals surface area contributed by atoms with Crippen LogP contribution in [0, 0.1) is 0 Å². The summed E-state index contributed by atoms with van der Waals surface area (Å²) in [5, 5.41) is 14.4. The van der Waals surface area contributed by atoms with Crippen LogP contribution in [0.25, 0.3) is 0 Å². The number of rotatable bonds is 6. The molecule has 0 saturated heterocycles. The van der Waals surface area contributed by atoms with Gasteiger partial charge in [-0.2, -0.15) is 0 Å². The Hall–Kier alpha value is -1.15. The molecule has 1 aromatic heterocycles. The lowest BCUT2D eigenvalue weighted by atomic mass is 10.6. The Balaban J connectivity index is 2.42. The lowest BCUT2D eigenvalue weighted by Crippen LogP contribution is -2.24. The fourth-order valence-corrected chi connectivity index (χ4v) is 1.67. The molecule has 1 aromatic rings. The second-order valence-electron chi connectivity index (χ2n) is 2.72. The molecule has 1 rings (SSSR count). The maximum atomic E-state index is 11.2. The third-order valence-electron chi connectivity index (χ3n) is 1.55. The minimum Gasteiger partial charge on any atom is -0.356 e. The van der Waals surface area contributed by atoms with Crippen molar-refractivity contribution in [2.24, 2.45) is 5.73 Å². The van der Waals surface area contributed by atoms with Crippen LogP contribution >= 0.6 is 11.8 Å². The van der Waals surface area contributed by atoms with Crippen LogP contribution in [0.1, 0.15) is 6.92 Å². The Bertz CT molecular complexity index is 314. The van der Waals surface area contributed by atoms with Crippen LogP contribution < -0.4 is 11.1 Å². The van der Waals surface area contributed by atoms with Gasteiger partial charge >= 0.3 is 0 Å². The molecular formula is C7H14N6OS. The Labute approximate surface area is 91.8 Å². The molecule has 0 spiro atoms. The van der Waals surface area contributed by atoms with Crippen molar-refractivity contribution in [3.05, 3.63) is 0 Å². The molecule has 7 nitrogen and oxygen atoms in total. The van der Waals surface area contributed by atoms with Crippen LogP contribution in [0.15, 0.2) is 5.16 Å². The summed E-state index contributed by atoms with van der Waals surface area (Å²) in [6, 6.07) is 0. The van der Waals surface area contributed by atoms with Crippen LogP contribution in [-0.4, -0.2) is 45.0 Å². The van der Waals surface area contributed by atoms with E-state index in [9.17, 15) is 4.79 Å². The first-order valence-corrected chi connectivity index (χ1v) is 5.62. The highest BCUT2D eigenvalue weighted by atomic mass is 32.2. The van der Waals surface area contributed by atoms with E-state index in [4.69, 9.17) is 5.73 Å². The van der Waals surface area contributed by atoms with Gasteiger partial charge in [-0.15, -0.1) is 5.10 Å². The van der Waals surface area contributed by atoms with Gasteiger partial charge in [0.05, 0.1) is 12.3 Å². The number of amides is 1. The van der Waals surface area contributed by atoms with Gasteiger partial charge in [0, 0.05) is 13.1 Å². The molecule has 1 heterocycles. The van der Waals surface area contributed by atoms with Gasteiger partial charge < -0.3 is 11.1 Å². The number of nitrogens with one attached hydrogen (secondary N) is 1. The smallest absolute Gasteiger partial charge is 0.230 e. The number of carbonyl (C=O) groups excluding carboxylic acids is 1. The summed E-state index contributed by atoms with van der Waals surface area (Å²) in [4.78, 5) is 11.2. The van der Waals surface area contributed by atoms with E-state index in [0.29, 0.717) is 30.5 Å². The molecule has 0 aliphatic heterocycles. The fourth-order valence-electron chi connectivity index (χ4n) is 0.941. The summed E-state index contributed by atoms with van der Waals surface area (Å²) in [7, 11) is 0. The molecule has 0 radical (unpaired) electrons. The topological polar surface area (TPSA) is 98.7 Å². The highest BCUT2D eigenvalue weighted by molar-refractivity contribution is 7.99. The molecule has 8 heteroatoms. The van der Waals surface area contributed by atoms with E-state index in [2.05, 4.69) is 20.8 Å². The molecule has 0 atom stereocenters. The van der Waals surface area contributed by atoms with E-state index in [-0.39, 0.29) is 5.91 Å². The minimum absolute atomic E-state index is 0.0233. The average molecular weight is 230 g/mol. The first-order valence-electron chi connectivity index (χ1n) is 4.63. The fraction of sp³-hybridized carbons (Fsp3) is 0.714. The van der Waals surface area contributed by atoms with E-state index < -0.39 is 0 Å². The number of tetrazole rings is 1. The van der Waals surface area contributed by atoms with Gasteiger partial charge in [0.1, 0.15) is 0 Å². The number of thioether (sulfide) groups is 1. The SMILES string of the molecule is CCNC(=O)CSc1nnnn1CCN. The Kier molecular flexibility index (Phi) is 5.05. The number of hydrogen-bond donors (Lipinski definition) is 2. The first kappa shape index (κ1) is 11.9. The second-order valence-corrected chi connectivity index (χ2v) is 3.66. The molecular weight excluding hydrogens is 216 g/mol. The number of nitrogens with two attached hydrogens (primary N) is 1. The van der Waals surface area contributed by atoms with Crippen LogP contribution in [0.4, 0.5) is 0 Å². The molecule has 3 N–H and O–H groups in total. The van der Waals surface area contributed by atoms with Crippen molar-refractivity contribution >= 4 is 17.7 Å². The van der Waals surface area contributed by atoms with E-state index in [1.165, 1.54) is 11.8 Å². The second kappa shape index (κ2) is 6.36. The zero-order valence-electron chi connectivity index (χ0n) is 8.51. The summed E-state index contributed by atoms with van der Waals surface area (Å²) in [6.45, 7) is 3.54. The van der Waals surface area contributed by atoms with Gasteiger partial charge in [-0.1, -0.05) is 11.8 Å². The van der Waals surface area contributed by atoms with Crippen molar-refractivity contribution in [1.29, 1.82) is 0 Å². The highest BCUT2D eigenvalue weighted by Crippen LogP contribution is 2.12. The molecule has 0 unspecified atom stereocenters. The lowest BCUT2D eigenvalue weighted by Gasteiger charge is -2.02. The quantitative estimate of drug-likeness (QED) is 0.599. The number of carbonyl (C=O) groups is 1. The van der Waals surface area contributed by atoms with Crippen LogP contribution in [0.3, 0.4) is 0 Å². The van der Waals surface area contributed by atoms with Crippen molar-refractivity contribution in [1.82, 2.24) is 25.5 Å². The summed E-state index contributed by atoms with van der Waals surface area (Å²) >= 11 is 1.30. The molecule has 15 heavy (non-hydrogen) atoms. The summed E-state index contributed by atoms with van der Waals surface area (Å²) < 4.78 is 1.59. The molecule has 0 aliphatic rings. The largest absolute Gasteiger partial charge is 0.356 e. The van der Waals surface area contributed by atoms with Crippen LogP contribution in [0.2, 0.25) is 0 Å². The molecule has 0 fully saturated rings. The Morgan fingerprint density at radius 1 is 1.67 bits per heavy atom. The summed E-state index contributed by atoms with van der Waals surface area (Å²) in [5.41, 5.74) is 5.39. The van der Waals surface area contributed by atoms with Gasteiger partial charge in [0.2, 0.25) is 11.1 Å². The highest BCUT2D eigenvalue weighted by Gasteiger charge is 2.08. The normalized spacial score (nSPS) is 10.3. The molecule has 0 saturated carbocycles. The average Bonchev–Trinajstić information content (AvgIpc) is 2.64. The maximum absolute atomic E-state index is 11.2. The third kappa shape index (κ3) is 3.84. The van der Waals surface area contributed by atoms with Gasteiger partial charge in [-0.3, -0.25) is 4.79 Å². The molecule has 84 valence electrons. The van der Waals surface area contributed by atoms with Crippen molar-refractivity contribution in [2.75, 3.05) is 18.8 Å². The van der Waals surface area contributed by atoms with Crippen LogP contribution in [-0.2, 0) is 11.3 Å². The lowest BCUT2D eigenvalue weighted by molar-refractivity contribution is -0.118. The van der Waals surface area contributed by atoms with E-state index in [0.717, 1.165) is 0 Å². The van der Waals surface area contributed by atoms with E-state index in [1.54, 1.807) is 4.68 Å². The third-order valence-corrected chi connectivity index (χ3v) is 2.50. The van der Waals surface area contributed by atoms with Crippen molar-refractivity contribution in [3.8, 4) is 0 Å². The number of nitrogens with zero attached hydrogens (tertiary/aromatic N) is 4. The monoisotopic (exact) mass is 230 g/mol. The molecule has 1 amide bonds. The van der Waals surface area contributed by atoms with E-state index in [1.807, 2.05) is 6.92 Å². The predicted molar refractivity (Wildman–Crippen MR) is 56.3 cm³/mol. The number of aromatic nitrogens is 4. The zero-order chi connectivity index (χ0) is 11.1. The molecule has 0 aliphatic carbocycles. The Morgan fingerprint density at radius 2 is 2.47 bits per heavy atom. The minimum atomic E-state index is -0.0233. The van der Waals surface area contributed by atoms with Gasteiger partial charge in [-0.05, 0) is 17.4 Å². The summed E-state index contributed by atoms with van der Waals surface area (Å²) in [5.74, 6) is 0.295. The maximum Gasteiger partial charge on any atom is 0.230 e. The van der Waals surface area contributed by atoms with Crippen molar-refractivity contribution in [2.45, 2.75) is 18.6 Å². The van der Waals surface area contributed by atoms with Gasteiger partial charge in [0.15, 0.2) is 0 Å². The predicted octanol–water partition coefficient (Wildman–Crippen LogP) is -1.14. The standard InChI is InChI=1S/C7H14N6OS/c1-2-9-6(14)5-15-7-10-11-12-13(7)4-3-8/h2-5,8H2,1H3,(H,9,14). The van der Waals surface area contributed by atoms with Crippen molar-refractivity contribution < 1.29 is 4.79 Å². The van der Waals surface area contributed by atoms with Crippen LogP contribution in [0.5, 0.6) is 0 Å². The van der Waals surface area contributed by atoms with Gasteiger partial charge in [-0.25, -0.2) is 4.68 Å². The van der Waals surface area contributed by atoms with E-state index >= 15 is 0 Å². The van der Waals surface area contributed by atoms with Gasteiger partial charge in [0.25, 0.3) is 0 Å². The first-order chi connectivity index (χ1) is 7.27.